The van der Waals surface area contributed by atoms with Crippen LogP contribution in [0.15, 0.2) is 24.5 Å². The van der Waals surface area contributed by atoms with E-state index in [1.165, 1.54) is 29.2 Å². The van der Waals surface area contributed by atoms with E-state index in [4.69, 9.17) is 10.5 Å². The van der Waals surface area contributed by atoms with Gasteiger partial charge in [0.05, 0.1) is 23.9 Å². The molecule has 0 saturated heterocycles. The van der Waals surface area contributed by atoms with E-state index in [9.17, 15) is 10.1 Å². The van der Waals surface area contributed by atoms with Crippen molar-refractivity contribution in [2.75, 3.05) is 12.3 Å². The summed E-state index contributed by atoms with van der Waals surface area (Å²) < 4.78 is 6.49. The fourth-order valence-electron chi connectivity index (χ4n) is 1.43. The molecule has 0 bridgehead atoms. The molecular weight excluding hydrogens is 238 g/mol. The Balaban J connectivity index is 2.47. The monoisotopic (exact) mass is 249 g/mol. The number of hydrogen-bond donors (Lipinski definition) is 1. The van der Waals surface area contributed by atoms with Crippen LogP contribution in [0.5, 0.6) is 5.75 Å². The predicted molar refractivity (Wildman–Crippen MR) is 63.6 cm³/mol. The van der Waals surface area contributed by atoms with Crippen molar-refractivity contribution < 1.29 is 9.66 Å². The molecule has 0 aromatic carbocycles. The number of nitrogens with zero attached hydrogens (tertiary/aromatic N) is 4. The molecule has 0 atom stereocenters. The summed E-state index contributed by atoms with van der Waals surface area (Å²) >= 11 is 0. The van der Waals surface area contributed by atoms with Gasteiger partial charge in [-0.25, -0.2) is 9.67 Å². The fourth-order valence-corrected chi connectivity index (χ4v) is 1.43. The third-order valence-electron chi connectivity index (χ3n) is 2.16. The molecule has 2 aromatic rings. The molecule has 0 aliphatic heterocycles. The molecule has 0 fully saturated rings. The maximum absolute atomic E-state index is 10.9. The van der Waals surface area contributed by atoms with E-state index in [0.29, 0.717) is 12.4 Å². The zero-order valence-electron chi connectivity index (χ0n) is 9.61. The lowest BCUT2D eigenvalue weighted by Crippen LogP contribution is -2.05. The van der Waals surface area contributed by atoms with Crippen molar-refractivity contribution in [3.05, 3.63) is 34.6 Å². The van der Waals surface area contributed by atoms with Crippen molar-refractivity contribution in [1.82, 2.24) is 14.8 Å². The molecule has 18 heavy (non-hydrogen) atoms. The Bertz CT molecular complexity index is 581. The van der Waals surface area contributed by atoms with Crippen LogP contribution in [0.2, 0.25) is 0 Å². The van der Waals surface area contributed by atoms with E-state index >= 15 is 0 Å². The molecule has 2 rings (SSSR count). The molecule has 8 nitrogen and oxygen atoms in total. The van der Waals surface area contributed by atoms with Crippen molar-refractivity contribution in [1.29, 1.82) is 0 Å². The second kappa shape index (κ2) is 4.70. The quantitative estimate of drug-likeness (QED) is 0.643. The molecule has 8 heteroatoms. The summed E-state index contributed by atoms with van der Waals surface area (Å²) in [6, 6.07) is 2.66. The number of rotatable bonds is 4. The van der Waals surface area contributed by atoms with Crippen molar-refractivity contribution in [3.63, 3.8) is 0 Å². The average molecular weight is 249 g/mol. The van der Waals surface area contributed by atoms with E-state index in [1.54, 1.807) is 0 Å². The molecule has 2 heterocycles. The van der Waals surface area contributed by atoms with Gasteiger partial charge in [0.1, 0.15) is 5.82 Å². The highest BCUT2D eigenvalue weighted by Crippen LogP contribution is 2.22. The minimum Gasteiger partial charge on any atom is -0.491 e. The molecule has 0 radical (unpaired) electrons. The Morgan fingerprint density at radius 1 is 1.56 bits per heavy atom. The topological polar surface area (TPSA) is 109 Å². The average Bonchev–Trinajstić information content (AvgIpc) is 2.77. The van der Waals surface area contributed by atoms with Crippen LogP contribution in [0.1, 0.15) is 6.92 Å². The number of nitrogen functional groups attached to an aromatic ring is 1. The van der Waals surface area contributed by atoms with Crippen LogP contribution < -0.4 is 10.5 Å². The predicted octanol–water partition coefficient (Wildman–Crippen LogP) is 1.16. The van der Waals surface area contributed by atoms with E-state index < -0.39 is 4.92 Å². The van der Waals surface area contributed by atoms with Gasteiger partial charge in [0.25, 0.3) is 0 Å². The van der Waals surface area contributed by atoms with Gasteiger partial charge in [0.15, 0.2) is 5.75 Å². The fraction of sp³-hybridized carbons (Fsp3) is 0.200. The Labute approximate surface area is 102 Å². The van der Waals surface area contributed by atoms with Gasteiger partial charge in [-0.3, -0.25) is 10.1 Å². The number of nitrogens with two attached hydrogens (primary N) is 1. The third kappa shape index (κ3) is 2.21. The highest BCUT2D eigenvalue weighted by atomic mass is 16.6. The molecule has 0 spiro atoms. The summed E-state index contributed by atoms with van der Waals surface area (Å²) in [7, 11) is 0. The van der Waals surface area contributed by atoms with Gasteiger partial charge < -0.3 is 10.5 Å². The van der Waals surface area contributed by atoms with Crippen LogP contribution in [0.25, 0.3) is 5.82 Å². The highest BCUT2D eigenvalue weighted by Gasteiger charge is 2.18. The first-order chi connectivity index (χ1) is 8.61. The maximum atomic E-state index is 10.9. The standard InChI is InChI=1S/C10H11N5O3/c1-2-18-7-5-12-14(6-7)10-8(15(16)17)3-4-9(11)13-10/h3-6H,2H2,1H3,(H2,11,13). The van der Waals surface area contributed by atoms with Crippen molar-refractivity contribution in [3.8, 4) is 11.6 Å². The van der Waals surface area contributed by atoms with Crippen LogP contribution in [-0.2, 0) is 0 Å². The van der Waals surface area contributed by atoms with Crippen molar-refractivity contribution in [2.24, 2.45) is 0 Å². The Kier molecular flexibility index (Phi) is 3.09. The van der Waals surface area contributed by atoms with Gasteiger partial charge in [0, 0.05) is 6.07 Å². The number of nitro groups is 1. The van der Waals surface area contributed by atoms with Crippen LogP contribution in [-0.4, -0.2) is 26.3 Å². The number of aromatic nitrogens is 3. The first kappa shape index (κ1) is 11.8. The van der Waals surface area contributed by atoms with E-state index in [1.807, 2.05) is 6.92 Å². The Hall–Kier alpha value is -2.64. The minimum atomic E-state index is -0.538. The number of hydrogen-bond acceptors (Lipinski definition) is 6. The largest absolute Gasteiger partial charge is 0.491 e. The SMILES string of the molecule is CCOc1cnn(-c2nc(N)ccc2[N+](=O)[O-])c1. The van der Waals surface area contributed by atoms with Crippen molar-refractivity contribution >= 4 is 11.5 Å². The summed E-state index contributed by atoms with van der Waals surface area (Å²) in [6.07, 6.45) is 2.97. The summed E-state index contributed by atoms with van der Waals surface area (Å²) in [6.45, 7) is 2.32. The van der Waals surface area contributed by atoms with Gasteiger partial charge in [-0.15, -0.1) is 0 Å². The number of anilines is 1. The summed E-state index contributed by atoms with van der Waals surface area (Å²) in [4.78, 5) is 14.3. The van der Waals surface area contributed by atoms with Gasteiger partial charge >= 0.3 is 5.69 Å². The molecule has 0 aliphatic carbocycles. The van der Waals surface area contributed by atoms with Crippen molar-refractivity contribution in [2.45, 2.75) is 6.92 Å². The van der Waals surface area contributed by atoms with Gasteiger partial charge in [-0.2, -0.15) is 5.10 Å². The molecule has 0 saturated carbocycles. The molecule has 0 unspecified atom stereocenters. The third-order valence-corrected chi connectivity index (χ3v) is 2.16. The number of pyridine rings is 1. The lowest BCUT2D eigenvalue weighted by atomic mass is 10.4. The van der Waals surface area contributed by atoms with E-state index in [0.717, 1.165) is 0 Å². The highest BCUT2D eigenvalue weighted by molar-refractivity contribution is 5.51. The molecular formula is C10H11N5O3. The second-order valence-electron chi connectivity index (χ2n) is 3.39. The zero-order chi connectivity index (χ0) is 13.1. The smallest absolute Gasteiger partial charge is 0.313 e. The Morgan fingerprint density at radius 3 is 3.00 bits per heavy atom. The maximum Gasteiger partial charge on any atom is 0.313 e. The van der Waals surface area contributed by atoms with Gasteiger partial charge in [0.2, 0.25) is 5.82 Å². The first-order valence-corrected chi connectivity index (χ1v) is 5.20. The minimum absolute atomic E-state index is 0.0611. The lowest BCUT2D eigenvalue weighted by molar-refractivity contribution is -0.384. The van der Waals surface area contributed by atoms with Gasteiger partial charge in [-0.05, 0) is 13.0 Å². The lowest BCUT2D eigenvalue weighted by Gasteiger charge is -2.02. The van der Waals surface area contributed by atoms with E-state index in [2.05, 4.69) is 10.1 Å². The second-order valence-corrected chi connectivity index (χ2v) is 3.39. The molecule has 0 amide bonds. The molecule has 0 aliphatic rings. The zero-order valence-corrected chi connectivity index (χ0v) is 9.61. The van der Waals surface area contributed by atoms with Crippen LogP contribution in [0, 0.1) is 10.1 Å². The molecule has 2 aromatic heterocycles. The molecule has 2 N–H and O–H groups in total. The number of ether oxygens (including phenoxy) is 1. The summed E-state index contributed by atoms with van der Waals surface area (Å²) in [5.41, 5.74) is 5.35. The Morgan fingerprint density at radius 2 is 2.33 bits per heavy atom. The van der Waals surface area contributed by atoms with Gasteiger partial charge in [-0.1, -0.05) is 0 Å². The summed E-state index contributed by atoms with van der Waals surface area (Å²) in [5.74, 6) is 0.756. The normalized spacial score (nSPS) is 10.3. The first-order valence-electron chi connectivity index (χ1n) is 5.20. The van der Waals surface area contributed by atoms with E-state index in [-0.39, 0.29) is 17.3 Å². The summed E-state index contributed by atoms with van der Waals surface area (Å²) in [5, 5.41) is 14.8. The van der Waals surface area contributed by atoms with Crippen LogP contribution in [0.4, 0.5) is 11.5 Å². The van der Waals surface area contributed by atoms with Crippen LogP contribution in [0.3, 0.4) is 0 Å². The van der Waals surface area contributed by atoms with Crippen LogP contribution >= 0.6 is 0 Å². The molecule has 94 valence electrons.